The monoisotopic (exact) mass is 320 g/mol. The van der Waals surface area contributed by atoms with Crippen molar-refractivity contribution in [1.29, 1.82) is 0 Å². The Labute approximate surface area is 122 Å². The molecule has 1 N–H and O–H groups in total. The van der Waals surface area contributed by atoms with Gasteiger partial charge in [0.2, 0.25) is 0 Å². The number of nitrogens with one attached hydrogen (secondary N) is 1. The first kappa shape index (κ1) is 14.0. The number of hydrogen-bond donors (Lipinski definition) is 1. The van der Waals surface area contributed by atoms with Crippen molar-refractivity contribution in [2.24, 2.45) is 0 Å². The molecule has 0 spiro atoms. The van der Waals surface area contributed by atoms with Crippen LogP contribution in [0, 0.1) is 0 Å². The maximum Gasteiger partial charge on any atom is 0.119 e. The summed E-state index contributed by atoms with van der Waals surface area (Å²) in [6.07, 6.45) is 1.81. The Morgan fingerprint density at radius 3 is 2.84 bits per heavy atom. The summed E-state index contributed by atoms with van der Waals surface area (Å²) < 4.78 is 6.48. The van der Waals surface area contributed by atoms with Gasteiger partial charge in [-0.15, -0.1) is 0 Å². The Morgan fingerprint density at radius 2 is 2.11 bits per heavy atom. The number of ether oxygens (including phenoxy) is 1. The quantitative estimate of drug-likeness (QED) is 0.884. The van der Waals surface area contributed by atoms with Crippen molar-refractivity contribution in [2.45, 2.75) is 20.0 Å². The molecule has 2 aromatic rings. The number of benzene rings is 1. The van der Waals surface area contributed by atoms with E-state index in [0.717, 1.165) is 29.0 Å². The molecule has 0 atom stereocenters. The Hall–Kier alpha value is -1.39. The van der Waals surface area contributed by atoms with Gasteiger partial charge in [0.1, 0.15) is 5.75 Å². The van der Waals surface area contributed by atoms with Gasteiger partial charge in [0.15, 0.2) is 0 Å². The van der Waals surface area contributed by atoms with Gasteiger partial charge in [-0.25, -0.2) is 0 Å². The van der Waals surface area contributed by atoms with Crippen LogP contribution < -0.4 is 10.1 Å². The average molecular weight is 321 g/mol. The normalized spacial score (nSPS) is 10.4. The van der Waals surface area contributed by atoms with E-state index < -0.39 is 0 Å². The summed E-state index contributed by atoms with van der Waals surface area (Å²) in [6, 6.07) is 12.1. The zero-order valence-electron chi connectivity index (χ0n) is 10.9. The lowest BCUT2D eigenvalue weighted by atomic mass is 10.2. The van der Waals surface area contributed by atoms with Crippen LogP contribution in [0.1, 0.15) is 18.2 Å². The first-order valence-corrected chi connectivity index (χ1v) is 7.10. The van der Waals surface area contributed by atoms with Gasteiger partial charge < -0.3 is 10.1 Å². The van der Waals surface area contributed by atoms with E-state index in [1.54, 1.807) is 0 Å². The molecule has 0 aliphatic rings. The molecule has 19 heavy (non-hydrogen) atoms. The maximum absolute atomic E-state index is 5.48. The van der Waals surface area contributed by atoms with Gasteiger partial charge in [-0.05, 0) is 52.7 Å². The molecule has 1 heterocycles. The highest BCUT2D eigenvalue weighted by molar-refractivity contribution is 9.10. The van der Waals surface area contributed by atoms with Crippen molar-refractivity contribution in [3.63, 3.8) is 0 Å². The van der Waals surface area contributed by atoms with Crippen LogP contribution in [0.15, 0.2) is 47.1 Å². The fourth-order valence-corrected chi connectivity index (χ4v) is 1.99. The molecule has 1 aromatic heterocycles. The van der Waals surface area contributed by atoms with E-state index in [2.05, 4.69) is 38.4 Å². The highest BCUT2D eigenvalue weighted by Gasteiger charge is 1.98. The van der Waals surface area contributed by atoms with Crippen LogP contribution in [0.3, 0.4) is 0 Å². The van der Waals surface area contributed by atoms with Gasteiger partial charge in [-0.2, -0.15) is 0 Å². The van der Waals surface area contributed by atoms with E-state index in [9.17, 15) is 0 Å². The largest absolute Gasteiger partial charge is 0.494 e. The molecule has 0 unspecified atom stereocenters. The Kier molecular flexibility index (Phi) is 5.36. The molecule has 0 amide bonds. The van der Waals surface area contributed by atoms with E-state index in [4.69, 9.17) is 4.74 Å². The molecular formula is C15H17BrN2O. The summed E-state index contributed by atoms with van der Waals surface area (Å²) >= 11 is 3.38. The summed E-state index contributed by atoms with van der Waals surface area (Å²) in [6.45, 7) is 4.24. The second kappa shape index (κ2) is 7.26. The zero-order valence-corrected chi connectivity index (χ0v) is 12.5. The summed E-state index contributed by atoms with van der Waals surface area (Å²) in [7, 11) is 0. The van der Waals surface area contributed by atoms with Crippen molar-refractivity contribution in [3.8, 4) is 5.75 Å². The van der Waals surface area contributed by atoms with E-state index >= 15 is 0 Å². The standard InChI is InChI=1S/C15H17BrN2O/c1-2-19-15-5-3-4-12(8-15)9-17-11-14-7-6-13(16)10-18-14/h3-8,10,17H,2,9,11H2,1H3. The number of halogens is 1. The number of nitrogens with zero attached hydrogens (tertiary/aromatic N) is 1. The predicted octanol–water partition coefficient (Wildman–Crippen LogP) is 3.53. The van der Waals surface area contributed by atoms with Gasteiger partial charge in [-0.3, -0.25) is 4.98 Å². The molecule has 1 aromatic carbocycles. The predicted molar refractivity (Wildman–Crippen MR) is 80.1 cm³/mol. The fourth-order valence-electron chi connectivity index (χ4n) is 1.76. The number of rotatable bonds is 6. The fraction of sp³-hybridized carbons (Fsp3) is 0.267. The van der Waals surface area contributed by atoms with Gasteiger partial charge >= 0.3 is 0 Å². The van der Waals surface area contributed by atoms with Gasteiger partial charge in [-0.1, -0.05) is 12.1 Å². The first-order chi connectivity index (χ1) is 9.28. The minimum Gasteiger partial charge on any atom is -0.494 e. The van der Waals surface area contributed by atoms with Gasteiger partial charge in [0.25, 0.3) is 0 Å². The van der Waals surface area contributed by atoms with Crippen molar-refractivity contribution in [1.82, 2.24) is 10.3 Å². The summed E-state index contributed by atoms with van der Waals surface area (Å²) in [4.78, 5) is 4.32. The summed E-state index contributed by atoms with van der Waals surface area (Å²) in [5, 5.41) is 3.37. The first-order valence-electron chi connectivity index (χ1n) is 6.31. The molecule has 0 fully saturated rings. The van der Waals surface area contributed by atoms with Gasteiger partial charge in [0.05, 0.1) is 12.3 Å². The van der Waals surface area contributed by atoms with Crippen molar-refractivity contribution in [3.05, 3.63) is 58.3 Å². The zero-order chi connectivity index (χ0) is 13.5. The lowest BCUT2D eigenvalue weighted by Crippen LogP contribution is -2.13. The van der Waals surface area contributed by atoms with Gasteiger partial charge in [0, 0.05) is 23.8 Å². The van der Waals surface area contributed by atoms with Crippen LogP contribution in [-0.2, 0) is 13.1 Å². The molecule has 0 aliphatic heterocycles. The minimum absolute atomic E-state index is 0.694. The van der Waals surface area contributed by atoms with E-state index in [-0.39, 0.29) is 0 Å². The Bertz CT molecular complexity index is 514. The molecule has 0 saturated carbocycles. The van der Waals surface area contributed by atoms with Crippen LogP contribution in [-0.4, -0.2) is 11.6 Å². The molecule has 3 nitrogen and oxygen atoms in total. The number of pyridine rings is 1. The smallest absolute Gasteiger partial charge is 0.119 e. The summed E-state index contributed by atoms with van der Waals surface area (Å²) in [5.41, 5.74) is 2.24. The van der Waals surface area contributed by atoms with Crippen LogP contribution in [0.2, 0.25) is 0 Å². The number of hydrogen-bond acceptors (Lipinski definition) is 3. The maximum atomic E-state index is 5.48. The average Bonchev–Trinajstić information content (AvgIpc) is 2.42. The SMILES string of the molecule is CCOc1cccc(CNCc2ccc(Br)cn2)c1. The third-order valence-corrected chi connectivity index (χ3v) is 3.10. The van der Waals surface area contributed by atoms with E-state index in [1.807, 2.05) is 37.4 Å². The highest BCUT2D eigenvalue weighted by Crippen LogP contribution is 2.13. The molecule has 0 aliphatic carbocycles. The van der Waals surface area contributed by atoms with Crippen LogP contribution in [0.4, 0.5) is 0 Å². The van der Waals surface area contributed by atoms with E-state index in [1.165, 1.54) is 5.56 Å². The Balaban J connectivity index is 1.85. The molecule has 0 bridgehead atoms. The molecule has 0 radical (unpaired) electrons. The van der Waals surface area contributed by atoms with Crippen molar-refractivity contribution in [2.75, 3.05) is 6.61 Å². The van der Waals surface area contributed by atoms with Crippen LogP contribution >= 0.6 is 15.9 Å². The molecular weight excluding hydrogens is 304 g/mol. The lowest BCUT2D eigenvalue weighted by Gasteiger charge is -2.07. The third-order valence-electron chi connectivity index (χ3n) is 2.63. The topological polar surface area (TPSA) is 34.1 Å². The molecule has 100 valence electrons. The van der Waals surface area contributed by atoms with Crippen molar-refractivity contribution < 1.29 is 4.74 Å². The molecule has 4 heteroatoms. The van der Waals surface area contributed by atoms with Crippen LogP contribution in [0.25, 0.3) is 0 Å². The van der Waals surface area contributed by atoms with Crippen LogP contribution in [0.5, 0.6) is 5.75 Å². The molecule has 0 saturated heterocycles. The van der Waals surface area contributed by atoms with Crippen molar-refractivity contribution >= 4 is 15.9 Å². The Morgan fingerprint density at radius 1 is 1.21 bits per heavy atom. The van der Waals surface area contributed by atoms with E-state index in [0.29, 0.717) is 6.61 Å². The lowest BCUT2D eigenvalue weighted by molar-refractivity contribution is 0.340. The molecule has 2 rings (SSSR count). The third kappa shape index (κ3) is 4.65. The minimum atomic E-state index is 0.694. The summed E-state index contributed by atoms with van der Waals surface area (Å²) in [5.74, 6) is 0.920. The number of aromatic nitrogens is 1. The second-order valence-corrected chi connectivity index (χ2v) is 5.07. The highest BCUT2D eigenvalue weighted by atomic mass is 79.9. The second-order valence-electron chi connectivity index (χ2n) is 4.15.